The predicted molar refractivity (Wildman–Crippen MR) is 55.1 cm³/mol. The standard InChI is InChI=1S/C9H12N6/c1-2-15-9(12-13-14-15)11-7-8-5-3-4-6-10-8/h3-6H,2,7H2,1H3,(H,11,12,14). The van der Waals surface area contributed by atoms with Crippen molar-refractivity contribution < 1.29 is 0 Å². The maximum Gasteiger partial charge on any atom is 0.243 e. The van der Waals surface area contributed by atoms with E-state index in [0.717, 1.165) is 12.2 Å². The second kappa shape index (κ2) is 4.50. The van der Waals surface area contributed by atoms with Crippen LogP contribution in [-0.2, 0) is 13.1 Å². The molecule has 0 aromatic carbocycles. The van der Waals surface area contributed by atoms with E-state index in [9.17, 15) is 0 Å². The Kier molecular flexibility index (Phi) is 2.87. The number of rotatable bonds is 4. The van der Waals surface area contributed by atoms with E-state index < -0.39 is 0 Å². The van der Waals surface area contributed by atoms with Crippen molar-refractivity contribution in [3.05, 3.63) is 30.1 Å². The van der Waals surface area contributed by atoms with Crippen LogP contribution < -0.4 is 5.32 Å². The summed E-state index contributed by atoms with van der Waals surface area (Å²) >= 11 is 0. The molecule has 0 unspecified atom stereocenters. The third-order valence-corrected chi connectivity index (χ3v) is 1.99. The van der Waals surface area contributed by atoms with Crippen LogP contribution in [0.25, 0.3) is 0 Å². The molecule has 2 aromatic heterocycles. The molecule has 78 valence electrons. The van der Waals surface area contributed by atoms with Gasteiger partial charge in [-0.15, -0.1) is 0 Å². The van der Waals surface area contributed by atoms with Crippen LogP contribution in [0.15, 0.2) is 24.4 Å². The lowest BCUT2D eigenvalue weighted by atomic mass is 10.3. The van der Waals surface area contributed by atoms with Gasteiger partial charge in [0.05, 0.1) is 12.2 Å². The summed E-state index contributed by atoms with van der Waals surface area (Å²) in [5, 5.41) is 14.4. The van der Waals surface area contributed by atoms with E-state index >= 15 is 0 Å². The summed E-state index contributed by atoms with van der Waals surface area (Å²) in [5.41, 5.74) is 0.961. The molecule has 0 aliphatic heterocycles. The summed E-state index contributed by atoms with van der Waals surface area (Å²) < 4.78 is 1.70. The first-order chi connectivity index (χ1) is 7.40. The molecule has 0 fully saturated rings. The topological polar surface area (TPSA) is 68.5 Å². The maximum atomic E-state index is 4.19. The van der Waals surface area contributed by atoms with Gasteiger partial charge in [-0.2, -0.15) is 0 Å². The number of aryl methyl sites for hydroxylation is 1. The molecular weight excluding hydrogens is 192 g/mol. The van der Waals surface area contributed by atoms with Crippen LogP contribution in [0.5, 0.6) is 0 Å². The van der Waals surface area contributed by atoms with Crippen molar-refractivity contribution in [2.24, 2.45) is 0 Å². The minimum Gasteiger partial charge on any atom is -0.347 e. The molecule has 0 aliphatic carbocycles. The fourth-order valence-electron chi connectivity index (χ4n) is 1.22. The number of hydrogen-bond donors (Lipinski definition) is 1. The fourth-order valence-corrected chi connectivity index (χ4v) is 1.22. The maximum absolute atomic E-state index is 4.19. The average molecular weight is 204 g/mol. The molecule has 2 aromatic rings. The Bertz CT molecular complexity index is 410. The van der Waals surface area contributed by atoms with Crippen molar-refractivity contribution in [2.75, 3.05) is 5.32 Å². The summed E-state index contributed by atoms with van der Waals surface area (Å²) in [6, 6.07) is 5.79. The minimum absolute atomic E-state index is 0.626. The molecule has 2 heterocycles. The van der Waals surface area contributed by atoms with E-state index in [1.54, 1.807) is 10.9 Å². The highest BCUT2D eigenvalue weighted by molar-refractivity contribution is 5.23. The smallest absolute Gasteiger partial charge is 0.243 e. The van der Waals surface area contributed by atoms with Crippen molar-refractivity contribution in [3.63, 3.8) is 0 Å². The highest BCUT2D eigenvalue weighted by Crippen LogP contribution is 2.01. The quantitative estimate of drug-likeness (QED) is 0.794. The molecule has 0 saturated heterocycles. The first kappa shape index (κ1) is 9.57. The zero-order valence-electron chi connectivity index (χ0n) is 8.46. The lowest BCUT2D eigenvalue weighted by molar-refractivity contribution is 0.629. The highest BCUT2D eigenvalue weighted by atomic mass is 15.6. The fraction of sp³-hybridized carbons (Fsp3) is 0.333. The number of pyridine rings is 1. The Labute approximate surface area is 87.3 Å². The number of hydrogen-bond acceptors (Lipinski definition) is 5. The van der Waals surface area contributed by atoms with Crippen LogP contribution in [0.3, 0.4) is 0 Å². The van der Waals surface area contributed by atoms with E-state index in [2.05, 4.69) is 25.8 Å². The molecule has 6 heteroatoms. The molecule has 0 saturated carbocycles. The zero-order valence-corrected chi connectivity index (χ0v) is 8.46. The van der Waals surface area contributed by atoms with E-state index in [-0.39, 0.29) is 0 Å². The Hall–Kier alpha value is -1.98. The third-order valence-electron chi connectivity index (χ3n) is 1.99. The SMILES string of the molecule is CCn1nnnc1NCc1ccccn1. The second-order valence-corrected chi connectivity index (χ2v) is 2.99. The molecule has 1 N–H and O–H groups in total. The zero-order chi connectivity index (χ0) is 10.5. The van der Waals surface area contributed by atoms with Gasteiger partial charge in [0.15, 0.2) is 0 Å². The number of nitrogens with one attached hydrogen (secondary N) is 1. The predicted octanol–water partition coefficient (Wildman–Crippen LogP) is 0.700. The van der Waals surface area contributed by atoms with Gasteiger partial charge in [0.2, 0.25) is 5.95 Å². The van der Waals surface area contributed by atoms with E-state index in [0.29, 0.717) is 12.5 Å². The number of aromatic nitrogens is 5. The van der Waals surface area contributed by atoms with Crippen LogP contribution in [-0.4, -0.2) is 25.2 Å². The van der Waals surface area contributed by atoms with E-state index in [1.807, 2.05) is 25.1 Å². The second-order valence-electron chi connectivity index (χ2n) is 2.99. The first-order valence-corrected chi connectivity index (χ1v) is 4.80. The third kappa shape index (κ3) is 2.28. The van der Waals surface area contributed by atoms with Gasteiger partial charge in [0, 0.05) is 12.7 Å². The van der Waals surface area contributed by atoms with Crippen molar-refractivity contribution in [3.8, 4) is 0 Å². The average Bonchev–Trinajstić information content (AvgIpc) is 2.75. The van der Waals surface area contributed by atoms with Crippen molar-refractivity contribution >= 4 is 5.95 Å². The summed E-state index contributed by atoms with van der Waals surface area (Å²) in [5.74, 6) is 0.670. The Balaban J connectivity index is 1.99. The van der Waals surface area contributed by atoms with Crippen LogP contribution in [0.1, 0.15) is 12.6 Å². The van der Waals surface area contributed by atoms with Crippen molar-refractivity contribution in [2.45, 2.75) is 20.0 Å². The minimum atomic E-state index is 0.626. The van der Waals surface area contributed by atoms with Gasteiger partial charge in [-0.05, 0) is 29.5 Å². The molecule has 15 heavy (non-hydrogen) atoms. The van der Waals surface area contributed by atoms with Gasteiger partial charge in [-0.3, -0.25) is 4.98 Å². The van der Waals surface area contributed by atoms with Crippen LogP contribution in [0.4, 0.5) is 5.95 Å². The number of nitrogens with zero attached hydrogens (tertiary/aromatic N) is 5. The summed E-state index contributed by atoms with van der Waals surface area (Å²) in [6.45, 7) is 3.36. The molecular formula is C9H12N6. The highest BCUT2D eigenvalue weighted by Gasteiger charge is 2.02. The molecule has 0 spiro atoms. The van der Waals surface area contributed by atoms with Crippen molar-refractivity contribution in [1.82, 2.24) is 25.2 Å². The van der Waals surface area contributed by atoms with Crippen LogP contribution in [0, 0.1) is 0 Å². The molecule has 0 amide bonds. The summed E-state index contributed by atoms with van der Waals surface area (Å²) in [7, 11) is 0. The largest absolute Gasteiger partial charge is 0.347 e. The Morgan fingerprint density at radius 2 is 2.33 bits per heavy atom. The monoisotopic (exact) mass is 204 g/mol. The lowest BCUT2D eigenvalue weighted by Gasteiger charge is -2.03. The van der Waals surface area contributed by atoms with Gasteiger partial charge in [0.25, 0.3) is 0 Å². The van der Waals surface area contributed by atoms with Crippen molar-refractivity contribution in [1.29, 1.82) is 0 Å². The van der Waals surface area contributed by atoms with Crippen LogP contribution >= 0.6 is 0 Å². The Morgan fingerprint density at radius 1 is 1.40 bits per heavy atom. The van der Waals surface area contributed by atoms with Gasteiger partial charge in [0.1, 0.15) is 0 Å². The molecule has 2 rings (SSSR count). The molecule has 0 bridgehead atoms. The van der Waals surface area contributed by atoms with E-state index in [4.69, 9.17) is 0 Å². The van der Waals surface area contributed by atoms with E-state index in [1.165, 1.54) is 0 Å². The van der Waals surface area contributed by atoms with Crippen LogP contribution in [0.2, 0.25) is 0 Å². The summed E-state index contributed by atoms with van der Waals surface area (Å²) in [6.07, 6.45) is 1.76. The lowest BCUT2D eigenvalue weighted by Crippen LogP contribution is -2.08. The number of anilines is 1. The normalized spacial score (nSPS) is 10.2. The van der Waals surface area contributed by atoms with Gasteiger partial charge < -0.3 is 5.32 Å². The molecule has 0 radical (unpaired) electrons. The first-order valence-electron chi connectivity index (χ1n) is 4.80. The van der Waals surface area contributed by atoms with Gasteiger partial charge >= 0.3 is 0 Å². The molecule has 0 aliphatic rings. The number of tetrazole rings is 1. The molecule has 0 atom stereocenters. The van der Waals surface area contributed by atoms with Gasteiger partial charge in [-0.25, -0.2) is 4.68 Å². The summed E-state index contributed by atoms with van der Waals surface area (Å²) in [4.78, 5) is 4.19. The Morgan fingerprint density at radius 3 is 3.07 bits per heavy atom. The molecule has 6 nitrogen and oxygen atoms in total. The van der Waals surface area contributed by atoms with Gasteiger partial charge in [-0.1, -0.05) is 11.2 Å².